The minimum absolute atomic E-state index is 0.201. The summed E-state index contributed by atoms with van der Waals surface area (Å²) in [6.07, 6.45) is 0.490. The second-order valence-electron chi connectivity index (χ2n) is 6.45. The van der Waals surface area contributed by atoms with Gasteiger partial charge in [0.05, 0.1) is 32.5 Å². The smallest absolute Gasteiger partial charge is 0.168 e. The van der Waals surface area contributed by atoms with Crippen LogP contribution in [0.2, 0.25) is 0 Å². The molecule has 2 rings (SSSR count). The van der Waals surface area contributed by atoms with E-state index < -0.39 is 11.9 Å². The third-order valence-electron chi connectivity index (χ3n) is 4.18. The van der Waals surface area contributed by atoms with Gasteiger partial charge >= 0.3 is 0 Å². The number of benzene rings is 1. The zero-order valence-corrected chi connectivity index (χ0v) is 14.2. The molecule has 4 heteroatoms. The molecule has 1 saturated heterocycles. The highest BCUT2D eigenvalue weighted by Gasteiger charge is 2.33. The average molecular weight is 320 g/mol. The second-order valence-corrected chi connectivity index (χ2v) is 6.45. The third kappa shape index (κ3) is 6.07. The van der Waals surface area contributed by atoms with Crippen LogP contribution in [0.25, 0.3) is 0 Å². The summed E-state index contributed by atoms with van der Waals surface area (Å²) in [5.41, 5.74) is 2.15. The van der Waals surface area contributed by atoms with Gasteiger partial charge in [0.25, 0.3) is 0 Å². The molecule has 1 aliphatic heterocycles. The first-order valence-corrected chi connectivity index (χ1v) is 8.24. The molecule has 1 N–H and O–H groups in total. The molecular weight excluding hydrogens is 292 g/mol. The molecule has 128 valence electrons. The van der Waals surface area contributed by atoms with E-state index in [1.165, 1.54) is 0 Å². The Hall–Kier alpha value is -1.20. The van der Waals surface area contributed by atoms with Crippen LogP contribution in [0, 0.1) is 5.92 Å². The number of aliphatic hydroxyl groups is 1. The van der Waals surface area contributed by atoms with Crippen LogP contribution in [0.4, 0.5) is 0 Å². The van der Waals surface area contributed by atoms with Crippen molar-refractivity contribution in [1.29, 1.82) is 0 Å². The first-order valence-electron chi connectivity index (χ1n) is 8.24. The molecule has 1 aromatic rings. The summed E-state index contributed by atoms with van der Waals surface area (Å²) in [6.45, 7) is 10.4. The molecule has 0 aromatic heterocycles. The lowest BCUT2D eigenvalue weighted by atomic mass is 9.95. The quantitative estimate of drug-likeness (QED) is 0.709. The van der Waals surface area contributed by atoms with E-state index in [4.69, 9.17) is 14.2 Å². The first kappa shape index (κ1) is 18.1. The maximum atomic E-state index is 10.2. The minimum Gasteiger partial charge on any atom is -0.393 e. The number of hydrogen-bond donors (Lipinski definition) is 1. The normalized spacial score (nSPS) is 19.4. The Morgan fingerprint density at radius 2 is 1.96 bits per heavy atom. The van der Waals surface area contributed by atoms with Crippen LogP contribution < -0.4 is 0 Å². The van der Waals surface area contributed by atoms with Gasteiger partial charge in [-0.15, -0.1) is 0 Å². The first-order chi connectivity index (χ1) is 11.0. The molecule has 1 heterocycles. The standard InChI is InChI=1S/C19H28O4/c1-15(11-18(20)12-19(3)22-9-10-23-19)16(2)13-21-14-17-7-5-4-6-8-17/h4-8,16,18,20H,1,9-14H2,2-3H3/t16-,18+/m0/s1. The molecule has 0 radical (unpaired) electrons. The topological polar surface area (TPSA) is 47.9 Å². The van der Waals surface area contributed by atoms with Gasteiger partial charge in [-0.2, -0.15) is 0 Å². The van der Waals surface area contributed by atoms with Crippen molar-refractivity contribution in [1.82, 2.24) is 0 Å². The SMILES string of the molecule is C=C(C[C@@H](O)CC1(C)OCCO1)[C@@H](C)COCc1ccccc1. The number of hydrogen-bond acceptors (Lipinski definition) is 4. The summed E-state index contributed by atoms with van der Waals surface area (Å²) in [5.74, 6) is -0.459. The summed E-state index contributed by atoms with van der Waals surface area (Å²) in [5, 5.41) is 10.2. The van der Waals surface area contributed by atoms with Gasteiger partial charge in [-0.25, -0.2) is 0 Å². The Bertz CT molecular complexity index is 479. The molecule has 1 aromatic carbocycles. The monoisotopic (exact) mass is 320 g/mol. The highest BCUT2D eigenvalue weighted by molar-refractivity contribution is 5.13. The van der Waals surface area contributed by atoms with Crippen LogP contribution in [-0.2, 0) is 20.8 Å². The van der Waals surface area contributed by atoms with Gasteiger partial charge in [0.1, 0.15) is 0 Å². The van der Waals surface area contributed by atoms with Crippen molar-refractivity contribution in [3.8, 4) is 0 Å². The largest absolute Gasteiger partial charge is 0.393 e. The fourth-order valence-electron chi connectivity index (χ4n) is 2.72. The van der Waals surface area contributed by atoms with Crippen LogP contribution in [0.1, 0.15) is 32.3 Å². The Morgan fingerprint density at radius 1 is 1.30 bits per heavy atom. The zero-order valence-electron chi connectivity index (χ0n) is 14.2. The number of ether oxygens (including phenoxy) is 3. The molecule has 1 fully saturated rings. The van der Waals surface area contributed by atoms with Crippen molar-refractivity contribution in [2.45, 2.75) is 45.2 Å². The molecule has 2 atom stereocenters. The summed E-state index contributed by atoms with van der Waals surface area (Å²) in [6, 6.07) is 10.1. The van der Waals surface area contributed by atoms with E-state index in [9.17, 15) is 5.11 Å². The highest BCUT2D eigenvalue weighted by atomic mass is 16.7. The second kappa shape index (κ2) is 8.60. The van der Waals surface area contributed by atoms with E-state index in [2.05, 4.69) is 13.5 Å². The predicted molar refractivity (Wildman–Crippen MR) is 90.0 cm³/mol. The van der Waals surface area contributed by atoms with E-state index >= 15 is 0 Å². The molecule has 0 unspecified atom stereocenters. The molecule has 4 nitrogen and oxygen atoms in total. The van der Waals surface area contributed by atoms with E-state index in [0.29, 0.717) is 39.3 Å². The molecule has 0 aliphatic carbocycles. The van der Waals surface area contributed by atoms with E-state index in [1.807, 2.05) is 37.3 Å². The van der Waals surface area contributed by atoms with Crippen LogP contribution in [0.15, 0.2) is 42.5 Å². The molecule has 0 saturated carbocycles. The van der Waals surface area contributed by atoms with Crippen LogP contribution in [-0.4, -0.2) is 36.8 Å². The van der Waals surface area contributed by atoms with Gasteiger partial charge in [0.15, 0.2) is 5.79 Å². The maximum absolute atomic E-state index is 10.2. The van der Waals surface area contributed by atoms with E-state index in [0.717, 1.165) is 11.1 Å². The zero-order chi connectivity index (χ0) is 16.7. The summed E-state index contributed by atoms with van der Waals surface area (Å²) < 4.78 is 16.8. The highest BCUT2D eigenvalue weighted by Crippen LogP contribution is 2.27. The Morgan fingerprint density at radius 3 is 2.61 bits per heavy atom. The fraction of sp³-hybridized carbons (Fsp3) is 0.579. The van der Waals surface area contributed by atoms with E-state index in [-0.39, 0.29) is 5.92 Å². The van der Waals surface area contributed by atoms with Gasteiger partial charge < -0.3 is 19.3 Å². The predicted octanol–water partition coefficient (Wildman–Crippen LogP) is 3.30. The Kier molecular flexibility index (Phi) is 6.78. The van der Waals surface area contributed by atoms with Crippen LogP contribution >= 0.6 is 0 Å². The van der Waals surface area contributed by atoms with Crippen molar-refractivity contribution >= 4 is 0 Å². The summed E-state index contributed by atoms with van der Waals surface area (Å²) in [4.78, 5) is 0. The summed E-state index contributed by atoms with van der Waals surface area (Å²) in [7, 11) is 0. The van der Waals surface area contributed by atoms with Gasteiger partial charge in [-0.05, 0) is 18.9 Å². The lowest BCUT2D eigenvalue weighted by Crippen LogP contribution is -2.31. The Balaban J connectivity index is 1.67. The summed E-state index contributed by atoms with van der Waals surface area (Å²) >= 11 is 0. The lowest BCUT2D eigenvalue weighted by Gasteiger charge is -2.26. The van der Waals surface area contributed by atoms with Gasteiger partial charge in [0, 0.05) is 12.3 Å². The molecule has 23 heavy (non-hydrogen) atoms. The number of rotatable bonds is 9. The van der Waals surface area contributed by atoms with Crippen molar-refractivity contribution in [3.63, 3.8) is 0 Å². The molecule has 1 aliphatic rings. The van der Waals surface area contributed by atoms with Crippen LogP contribution in [0.5, 0.6) is 0 Å². The third-order valence-corrected chi connectivity index (χ3v) is 4.18. The molecule has 0 spiro atoms. The average Bonchev–Trinajstić information content (AvgIpc) is 2.94. The fourth-order valence-corrected chi connectivity index (χ4v) is 2.72. The molecular formula is C19H28O4. The van der Waals surface area contributed by atoms with Crippen molar-refractivity contribution in [3.05, 3.63) is 48.0 Å². The van der Waals surface area contributed by atoms with Gasteiger partial charge in [0.2, 0.25) is 0 Å². The van der Waals surface area contributed by atoms with Crippen molar-refractivity contribution in [2.75, 3.05) is 19.8 Å². The molecule has 0 bridgehead atoms. The van der Waals surface area contributed by atoms with Gasteiger partial charge in [-0.3, -0.25) is 0 Å². The lowest BCUT2D eigenvalue weighted by molar-refractivity contribution is -0.162. The maximum Gasteiger partial charge on any atom is 0.168 e. The number of aliphatic hydroxyl groups excluding tert-OH is 1. The van der Waals surface area contributed by atoms with Crippen molar-refractivity contribution < 1.29 is 19.3 Å². The van der Waals surface area contributed by atoms with E-state index in [1.54, 1.807) is 0 Å². The molecule has 0 amide bonds. The van der Waals surface area contributed by atoms with Crippen LogP contribution in [0.3, 0.4) is 0 Å². The van der Waals surface area contributed by atoms with Gasteiger partial charge in [-0.1, -0.05) is 49.4 Å². The van der Waals surface area contributed by atoms with Crippen molar-refractivity contribution in [2.24, 2.45) is 5.92 Å². The Labute approximate surface area is 139 Å². The minimum atomic E-state index is -0.660.